The zero-order valence-electron chi connectivity index (χ0n) is 12.3. The molecule has 1 aliphatic heterocycles. The summed E-state index contributed by atoms with van der Waals surface area (Å²) in [5.41, 5.74) is -1.42. The number of alkyl halides is 3. The van der Waals surface area contributed by atoms with E-state index in [0.29, 0.717) is 5.69 Å². The summed E-state index contributed by atoms with van der Waals surface area (Å²) in [7, 11) is 1.39. The number of benzene rings is 1. The lowest BCUT2D eigenvalue weighted by atomic mass is 9.68. The Balaban J connectivity index is 2.36. The lowest BCUT2D eigenvalue weighted by molar-refractivity contribution is -0.182. The minimum atomic E-state index is -4.50. The monoisotopic (exact) mass is 342 g/mol. The summed E-state index contributed by atoms with van der Waals surface area (Å²) in [6, 6.07) is 7.67. The number of hydrogen-bond donors (Lipinski definition) is 0. The molecule has 0 spiro atoms. The van der Waals surface area contributed by atoms with Crippen LogP contribution in [0.4, 0.5) is 24.5 Å². The van der Waals surface area contributed by atoms with Crippen molar-refractivity contribution >= 4 is 23.2 Å². The molecule has 0 aliphatic carbocycles. The molecule has 0 N–H and O–H groups in total. The third-order valence-electron chi connectivity index (χ3n) is 4.21. The van der Waals surface area contributed by atoms with Crippen molar-refractivity contribution in [2.24, 2.45) is 0 Å². The standard InChI is InChI=1S/C16H14ClF3N2O/c1-23-9-7-15(16(18,19)20)11-4-2-3-5-13(11)22(17)14-10-21-8-6-12(14)15/h2-6,8,10H,7,9H2,1H3. The molecule has 122 valence electrons. The molecule has 7 heteroatoms. The van der Waals surface area contributed by atoms with Gasteiger partial charge in [0.05, 0.1) is 17.6 Å². The van der Waals surface area contributed by atoms with Gasteiger partial charge >= 0.3 is 6.18 Å². The van der Waals surface area contributed by atoms with Gasteiger partial charge in [0.25, 0.3) is 0 Å². The predicted molar refractivity (Wildman–Crippen MR) is 82.0 cm³/mol. The minimum Gasteiger partial charge on any atom is -0.385 e. The van der Waals surface area contributed by atoms with E-state index >= 15 is 0 Å². The van der Waals surface area contributed by atoms with E-state index in [4.69, 9.17) is 16.5 Å². The lowest BCUT2D eigenvalue weighted by Gasteiger charge is -2.43. The van der Waals surface area contributed by atoms with E-state index in [1.165, 1.54) is 36.1 Å². The van der Waals surface area contributed by atoms with Crippen LogP contribution in [-0.4, -0.2) is 24.9 Å². The zero-order valence-corrected chi connectivity index (χ0v) is 13.0. The van der Waals surface area contributed by atoms with Crippen molar-refractivity contribution in [3.63, 3.8) is 0 Å². The molecule has 0 fully saturated rings. The Hall–Kier alpha value is -1.79. The number of halogens is 4. The van der Waals surface area contributed by atoms with E-state index in [1.807, 2.05) is 0 Å². The van der Waals surface area contributed by atoms with Crippen molar-refractivity contribution in [1.82, 2.24) is 4.98 Å². The van der Waals surface area contributed by atoms with Crippen LogP contribution in [-0.2, 0) is 10.2 Å². The molecule has 0 saturated heterocycles. The number of methoxy groups -OCH3 is 1. The summed E-state index contributed by atoms with van der Waals surface area (Å²) < 4.78 is 49.0. The molecule has 0 amide bonds. The highest BCUT2D eigenvalue weighted by molar-refractivity contribution is 6.30. The first kappa shape index (κ1) is 16.1. The van der Waals surface area contributed by atoms with E-state index in [0.717, 1.165) is 0 Å². The molecule has 0 saturated carbocycles. The molecule has 2 heterocycles. The Morgan fingerprint density at radius 3 is 2.57 bits per heavy atom. The quantitative estimate of drug-likeness (QED) is 0.764. The zero-order chi connectivity index (χ0) is 16.7. The summed E-state index contributed by atoms with van der Waals surface area (Å²) in [6.07, 6.45) is -2.03. The first-order valence-electron chi connectivity index (χ1n) is 6.99. The maximum absolute atomic E-state index is 14.3. The maximum Gasteiger partial charge on any atom is 0.402 e. The number of ether oxygens (including phenoxy) is 1. The molecule has 3 nitrogen and oxygen atoms in total. The van der Waals surface area contributed by atoms with Gasteiger partial charge in [-0.3, -0.25) is 9.40 Å². The number of fused-ring (bicyclic) bond motifs is 2. The second-order valence-electron chi connectivity index (χ2n) is 5.34. The van der Waals surface area contributed by atoms with E-state index in [1.54, 1.807) is 18.2 Å². The molecule has 1 aromatic heterocycles. The van der Waals surface area contributed by atoms with E-state index < -0.39 is 11.6 Å². The maximum atomic E-state index is 14.3. The number of para-hydroxylation sites is 1. The Labute approximate surface area is 136 Å². The topological polar surface area (TPSA) is 25.4 Å². The third-order valence-corrected chi connectivity index (χ3v) is 4.58. The second kappa shape index (κ2) is 5.69. The van der Waals surface area contributed by atoms with Gasteiger partial charge in [0.2, 0.25) is 0 Å². The van der Waals surface area contributed by atoms with Crippen molar-refractivity contribution in [1.29, 1.82) is 0 Å². The van der Waals surface area contributed by atoms with Crippen molar-refractivity contribution < 1.29 is 17.9 Å². The van der Waals surface area contributed by atoms with Crippen LogP contribution in [0.2, 0.25) is 0 Å². The highest BCUT2D eigenvalue weighted by Crippen LogP contribution is 2.58. The average Bonchev–Trinajstić information content (AvgIpc) is 2.54. The van der Waals surface area contributed by atoms with Crippen LogP contribution in [0.5, 0.6) is 0 Å². The van der Waals surface area contributed by atoms with Crippen LogP contribution in [0.1, 0.15) is 17.5 Å². The minimum absolute atomic E-state index is 0.0299. The number of pyridine rings is 1. The van der Waals surface area contributed by atoms with Crippen LogP contribution in [0, 0.1) is 0 Å². The highest BCUT2D eigenvalue weighted by Gasteiger charge is 2.60. The number of hydrogen-bond acceptors (Lipinski definition) is 3. The summed E-state index contributed by atoms with van der Waals surface area (Å²) in [6.45, 7) is -0.0299. The normalized spacial score (nSPS) is 20.1. The molecule has 0 radical (unpaired) electrons. The summed E-state index contributed by atoms with van der Waals surface area (Å²) >= 11 is 6.28. The molecule has 2 aromatic rings. The Bertz CT molecular complexity index is 673. The van der Waals surface area contributed by atoms with Crippen molar-refractivity contribution in [2.45, 2.75) is 18.0 Å². The van der Waals surface area contributed by atoms with Crippen LogP contribution in [0.15, 0.2) is 42.7 Å². The number of aromatic nitrogens is 1. The molecule has 23 heavy (non-hydrogen) atoms. The number of rotatable bonds is 3. The van der Waals surface area contributed by atoms with Gasteiger partial charge in [-0.1, -0.05) is 18.2 Å². The fourth-order valence-electron chi connectivity index (χ4n) is 3.16. The van der Waals surface area contributed by atoms with Crippen LogP contribution < -0.4 is 4.42 Å². The van der Waals surface area contributed by atoms with Crippen molar-refractivity contribution in [3.8, 4) is 0 Å². The predicted octanol–water partition coefficient (Wildman–Crippen LogP) is 4.57. The van der Waals surface area contributed by atoms with Crippen LogP contribution in [0.3, 0.4) is 0 Å². The van der Waals surface area contributed by atoms with Crippen molar-refractivity contribution in [2.75, 3.05) is 18.1 Å². The number of nitrogens with zero attached hydrogens (tertiary/aromatic N) is 2. The fraction of sp³-hybridized carbons (Fsp3) is 0.312. The van der Waals surface area contributed by atoms with Gasteiger partial charge in [0, 0.05) is 37.3 Å². The van der Waals surface area contributed by atoms with Gasteiger partial charge in [0.15, 0.2) is 0 Å². The molecule has 1 atom stereocenters. The first-order chi connectivity index (χ1) is 10.9. The smallest absolute Gasteiger partial charge is 0.385 e. The first-order valence-corrected chi connectivity index (χ1v) is 7.33. The second-order valence-corrected chi connectivity index (χ2v) is 5.67. The molecular weight excluding hydrogens is 329 g/mol. The molecular formula is C16H14ClF3N2O. The van der Waals surface area contributed by atoms with Crippen LogP contribution in [0.25, 0.3) is 0 Å². The molecule has 1 aliphatic rings. The third kappa shape index (κ3) is 2.28. The van der Waals surface area contributed by atoms with Gasteiger partial charge in [-0.05, 0) is 24.1 Å². The summed E-state index contributed by atoms with van der Waals surface area (Å²) in [5, 5.41) is 0. The summed E-state index contributed by atoms with van der Waals surface area (Å²) in [4.78, 5) is 3.92. The largest absolute Gasteiger partial charge is 0.402 e. The van der Waals surface area contributed by atoms with E-state index in [2.05, 4.69) is 4.98 Å². The average molecular weight is 343 g/mol. The van der Waals surface area contributed by atoms with Gasteiger partial charge in [0.1, 0.15) is 5.41 Å². The van der Waals surface area contributed by atoms with Gasteiger partial charge in [-0.15, -0.1) is 0 Å². The Morgan fingerprint density at radius 1 is 1.17 bits per heavy atom. The fourth-order valence-corrected chi connectivity index (χ4v) is 3.44. The molecule has 0 bridgehead atoms. The SMILES string of the molecule is COCCC1(C(F)(F)F)c2ccccc2N(Cl)c2cnccc21. The number of anilines is 2. The highest BCUT2D eigenvalue weighted by atomic mass is 35.5. The van der Waals surface area contributed by atoms with E-state index in [9.17, 15) is 13.2 Å². The van der Waals surface area contributed by atoms with Gasteiger partial charge in [-0.25, -0.2) is 0 Å². The van der Waals surface area contributed by atoms with E-state index in [-0.39, 0.29) is 29.8 Å². The summed E-state index contributed by atoms with van der Waals surface area (Å²) in [5.74, 6) is 0. The molecule has 1 unspecified atom stereocenters. The van der Waals surface area contributed by atoms with Gasteiger partial charge in [-0.2, -0.15) is 13.2 Å². The van der Waals surface area contributed by atoms with Crippen LogP contribution >= 0.6 is 11.8 Å². The lowest BCUT2D eigenvalue weighted by Crippen LogP contribution is -2.47. The Kier molecular flexibility index (Phi) is 3.98. The molecule has 3 rings (SSSR count). The van der Waals surface area contributed by atoms with Crippen molar-refractivity contribution in [3.05, 3.63) is 53.9 Å². The molecule has 1 aromatic carbocycles. The van der Waals surface area contributed by atoms with Gasteiger partial charge < -0.3 is 4.74 Å². The Morgan fingerprint density at radius 2 is 1.87 bits per heavy atom.